The number of amides is 1. The molecule has 2 N–H and O–H groups in total. The molecule has 0 saturated carbocycles. The predicted molar refractivity (Wildman–Crippen MR) is 65.6 cm³/mol. The monoisotopic (exact) mass is 240 g/mol. The largest absolute Gasteiger partial charge is 0.366 e. The van der Waals surface area contributed by atoms with Crippen molar-refractivity contribution in [1.29, 1.82) is 5.26 Å². The Bertz CT molecular complexity index is 583. The van der Waals surface area contributed by atoms with Crippen molar-refractivity contribution in [2.24, 2.45) is 5.73 Å². The molecule has 0 bridgehead atoms. The third-order valence-electron chi connectivity index (χ3n) is 2.67. The quantitative estimate of drug-likeness (QED) is 0.878. The lowest BCUT2D eigenvalue weighted by Crippen LogP contribution is -2.12. The van der Waals surface area contributed by atoms with Gasteiger partial charge in [0, 0.05) is 6.20 Å². The third kappa shape index (κ3) is 2.38. The molecule has 18 heavy (non-hydrogen) atoms. The van der Waals surface area contributed by atoms with Gasteiger partial charge in [0.1, 0.15) is 0 Å². The summed E-state index contributed by atoms with van der Waals surface area (Å²) in [5, 5.41) is 13.0. The van der Waals surface area contributed by atoms with E-state index in [1.807, 2.05) is 30.3 Å². The standard InChI is InChI=1S/C13H12N4O/c14-7-6-12(10-4-2-1-3-5-10)17-9-11(8-16-17)13(15)18/h1-5,8-9,12H,6H2,(H2,15,18). The van der Waals surface area contributed by atoms with Crippen molar-refractivity contribution in [3.8, 4) is 6.07 Å². The summed E-state index contributed by atoms with van der Waals surface area (Å²) in [6, 6.07) is 11.5. The second-order valence-electron chi connectivity index (χ2n) is 3.86. The molecule has 1 aromatic carbocycles. The Hall–Kier alpha value is -2.61. The van der Waals surface area contributed by atoms with Crippen molar-refractivity contribution in [3.63, 3.8) is 0 Å². The normalized spacial score (nSPS) is 11.7. The zero-order valence-corrected chi connectivity index (χ0v) is 9.65. The summed E-state index contributed by atoms with van der Waals surface area (Å²) >= 11 is 0. The van der Waals surface area contributed by atoms with Crippen LogP contribution < -0.4 is 5.73 Å². The SMILES string of the molecule is N#CCC(c1ccccc1)n1cc(C(N)=O)cn1. The molecule has 0 aliphatic carbocycles. The Kier molecular flexibility index (Phi) is 3.39. The van der Waals surface area contributed by atoms with Gasteiger partial charge in [-0.15, -0.1) is 0 Å². The van der Waals surface area contributed by atoms with Gasteiger partial charge < -0.3 is 5.73 Å². The number of aromatic nitrogens is 2. The van der Waals surface area contributed by atoms with Crippen molar-refractivity contribution >= 4 is 5.91 Å². The van der Waals surface area contributed by atoms with Crippen molar-refractivity contribution in [2.75, 3.05) is 0 Å². The molecule has 0 aliphatic rings. The fraction of sp³-hybridized carbons (Fsp3) is 0.154. The Balaban J connectivity index is 2.36. The lowest BCUT2D eigenvalue weighted by molar-refractivity contribution is 0.1000. The van der Waals surface area contributed by atoms with E-state index in [2.05, 4.69) is 11.2 Å². The average Bonchev–Trinajstić information content (AvgIpc) is 2.86. The van der Waals surface area contributed by atoms with Gasteiger partial charge >= 0.3 is 0 Å². The number of carbonyl (C=O) groups is 1. The van der Waals surface area contributed by atoms with Gasteiger partial charge in [0.05, 0.1) is 30.3 Å². The summed E-state index contributed by atoms with van der Waals surface area (Å²) < 4.78 is 1.60. The van der Waals surface area contributed by atoms with Crippen LogP contribution in [0.5, 0.6) is 0 Å². The van der Waals surface area contributed by atoms with E-state index in [1.54, 1.807) is 10.9 Å². The highest BCUT2D eigenvalue weighted by molar-refractivity contribution is 5.92. The summed E-state index contributed by atoms with van der Waals surface area (Å²) in [5.74, 6) is -0.523. The third-order valence-corrected chi connectivity index (χ3v) is 2.67. The second kappa shape index (κ2) is 5.15. The Labute approximate surface area is 104 Å². The summed E-state index contributed by atoms with van der Waals surface area (Å²) in [5.41, 5.74) is 6.49. The molecule has 1 heterocycles. The highest BCUT2D eigenvalue weighted by Gasteiger charge is 2.15. The molecule has 1 aromatic heterocycles. The van der Waals surface area contributed by atoms with Crippen LogP contribution in [0.25, 0.3) is 0 Å². The van der Waals surface area contributed by atoms with Gasteiger partial charge in [0.15, 0.2) is 0 Å². The first kappa shape index (κ1) is 11.9. The minimum Gasteiger partial charge on any atom is -0.366 e. The summed E-state index contributed by atoms with van der Waals surface area (Å²) in [7, 11) is 0. The summed E-state index contributed by atoms with van der Waals surface area (Å²) in [6.45, 7) is 0. The molecular formula is C13H12N4O. The van der Waals surface area contributed by atoms with Gasteiger partial charge in [-0.05, 0) is 5.56 Å². The van der Waals surface area contributed by atoms with E-state index < -0.39 is 5.91 Å². The second-order valence-corrected chi connectivity index (χ2v) is 3.86. The molecule has 90 valence electrons. The Morgan fingerprint density at radius 2 is 2.17 bits per heavy atom. The van der Waals surface area contributed by atoms with Crippen LogP contribution in [0, 0.1) is 11.3 Å². The Morgan fingerprint density at radius 3 is 2.72 bits per heavy atom. The van der Waals surface area contributed by atoms with Crippen LogP contribution in [-0.4, -0.2) is 15.7 Å². The van der Waals surface area contributed by atoms with E-state index in [9.17, 15) is 4.79 Å². The first-order valence-corrected chi connectivity index (χ1v) is 5.48. The van der Waals surface area contributed by atoms with Crippen molar-refractivity contribution in [1.82, 2.24) is 9.78 Å². The van der Waals surface area contributed by atoms with Crippen molar-refractivity contribution < 1.29 is 4.79 Å². The van der Waals surface area contributed by atoms with Crippen LogP contribution in [0.3, 0.4) is 0 Å². The molecule has 2 aromatic rings. The zero-order valence-electron chi connectivity index (χ0n) is 9.65. The molecule has 0 spiro atoms. The van der Waals surface area contributed by atoms with Gasteiger partial charge in [0.2, 0.25) is 0 Å². The topological polar surface area (TPSA) is 84.7 Å². The minimum absolute atomic E-state index is 0.204. The maximum atomic E-state index is 11.0. The molecule has 0 fully saturated rings. The number of benzene rings is 1. The van der Waals surface area contributed by atoms with Gasteiger partial charge in [-0.1, -0.05) is 30.3 Å². The number of nitrogens with two attached hydrogens (primary N) is 1. The van der Waals surface area contributed by atoms with Crippen LogP contribution in [0.1, 0.15) is 28.4 Å². The smallest absolute Gasteiger partial charge is 0.251 e. The molecule has 5 nitrogen and oxygen atoms in total. The molecule has 0 saturated heterocycles. The fourth-order valence-corrected chi connectivity index (χ4v) is 1.76. The first-order chi connectivity index (χ1) is 8.72. The number of nitrogens with zero attached hydrogens (tertiary/aromatic N) is 3. The molecule has 2 rings (SSSR count). The highest BCUT2D eigenvalue weighted by atomic mass is 16.1. The Morgan fingerprint density at radius 1 is 1.44 bits per heavy atom. The van der Waals surface area contributed by atoms with Crippen molar-refractivity contribution in [2.45, 2.75) is 12.5 Å². The predicted octanol–water partition coefficient (Wildman–Crippen LogP) is 1.49. The molecular weight excluding hydrogens is 228 g/mol. The van der Waals surface area contributed by atoms with E-state index in [0.717, 1.165) is 5.56 Å². The molecule has 5 heteroatoms. The minimum atomic E-state index is -0.523. The number of primary amides is 1. The zero-order chi connectivity index (χ0) is 13.0. The van der Waals surface area contributed by atoms with Crippen LogP contribution in [-0.2, 0) is 0 Å². The number of rotatable bonds is 4. The van der Waals surface area contributed by atoms with E-state index in [-0.39, 0.29) is 12.5 Å². The van der Waals surface area contributed by atoms with E-state index >= 15 is 0 Å². The molecule has 0 radical (unpaired) electrons. The van der Waals surface area contributed by atoms with Crippen LogP contribution in [0.15, 0.2) is 42.7 Å². The lowest BCUT2D eigenvalue weighted by Gasteiger charge is -2.14. The van der Waals surface area contributed by atoms with Gasteiger partial charge in [0.25, 0.3) is 5.91 Å². The summed E-state index contributed by atoms with van der Waals surface area (Å²) in [6.07, 6.45) is 3.26. The highest BCUT2D eigenvalue weighted by Crippen LogP contribution is 2.21. The molecule has 1 amide bonds. The van der Waals surface area contributed by atoms with Crippen molar-refractivity contribution in [3.05, 3.63) is 53.9 Å². The van der Waals surface area contributed by atoms with E-state index in [4.69, 9.17) is 11.0 Å². The molecule has 1 unspecified atom stereocenters. The number of nitriles is 1. The van der Waals surface area contributed by atoms with E-state index in [0.29, 0.717) is 5.56 Å². The summed E-state index contributed by atoms with van der Waals surface area (Å²) in [4.78, 5) is 11.0. The lowest BCUT2D eigenvalue weighted by atomic mass is 10.0. The fourth-order valence-electron chi connectivity index (χ4n) is 1.76. The van der Waals surface area contributed by atoms with Gasteiger partial charge in [-0.25, -0.2) is 0 Å². The van der Waals surface area contributed by atoms with Crippen LogP contribution >= 0.6 is 0 Å². The molecule has 1 atom stereocenters. The number of carbonyl (C=O) groups excluding carboxylic acids is 1. The van der Waals surface area contributed by atoms with E-state index in [1.165, 1.54) is 6.20 Å². The maximum absolute atomic E-state index is 11.0. The average molecular weight is 240 g/mol. The molecule has 0 aliphatic heterocycles. The first-order valence-electron chi connectivity index (χ1n) is 5.48. The number of hydrogen-bond donors (Lipinski definition) is 1. The van der Waals surface area contributed by atoms with Crippen LogP contribution in [0.4, 0.5) is 0 Å². The van der Waals surface area contributed by atoms with Gasteiger partial charge in [-0.3, -0.25) is 9.48 Å². The van der Waals surface area contributed by atoms with Gasteiger partial charge in [-0.2, -0.15) is 10.4 Å². The maximum Gasteiger partial charge on any atom is 0.251 e. The number of hydrogen-bond acceptors (Lipinski definition) is 3. The van der Waals surface area contributed by atoms with Crippen LogP contribution in [0.2, 0.25) is 0 Å².